The smallest absolute Gasteiger partial charge is 0.356 e. The summed E-state index contributed by atoms with van der Waals surface area (Å²) in [5.41, 5.74) is 3.82. The summed E-state index contributed by atoms with van der Waals surface area (Å²) in [6.07, 6.45) is 1.95. The molecule has 1 aliphatic carbocycles. The monoisotopic (exact) mass is 312 g/mol. The van der Waals surface area contributed by atoms with E-state index in [9.17, 15) is 9.59 Å². The van der Waals surface area contributed by atoms with Crippen LogP contribution in [-0.4, -0.2) is 28.1 Å². The van der Waals surface area contributed by atoms with E-state index in [1.807, 2.05) is 31.2 Å². The molecular weight excluding hydrogens is 292 g/mol. The molecule has 2 aromatic rings. The van der Waals surface area contributed by atoms with Crippen LogP contribution in [0.15, 0.2) is 24.3 Å². The van der Waals surface area contributed by atoms with Crippen molar-refractivity contribution in [1.29, 1.82) is 0 Å². The first-order chi connectivity index (χ1) is 11.1. The Morgan fingerprint density at radius 3 is 2.70 bits per heavy atom. The number of ether oxygens (including phenoxy) is 1. The Morgan fingerprint density at radius 1 is 1.26 bits per heavy atom. The quantitative estimate of drug-likeness (QED) is 0.814. The topological polar surface area (TPSA) is 61.2 Å². The molecule has 3 rings (SSSR count). The maximum absolute atomic E-state index is 12.4. The average Bonchev–Trinajstić information content (AvgIpc) is 2.89. The van der Waals surface area contributed by atoms with Gasteiger partial charge in [-0.15, -0.1) is 0 Å². The molecule has 0 radical (unpaired) electrons. The number of ketones is 1. The fourth-order valence-corrected chi connectivity index (χ4v) is 2.91. The lowest BCUT2D eigenvalue weighted by molar-refractivity contribution is 0.0511. The average molecular weight is 312 g/mol. The molecule has 1 aliphatic rings. The van der Waals surface area contributed by atoms with Crippen molar-refractivity contribution < 1.29 is 14.3 Å². The van der Waals surface area contributed by atoms with Crippen molar-refractivity contribution in [3.63, 3.8) is 0 Å². The van der Waals surface area contributed by atoms with Gasteiger partial charge in [0, 0.05) is 12.0 Å². The van der Waals surface area contributed by atoms with E-state index >= 15 is 0 Å². The second-order valence-corrected chi connectivity index (χ2v) is 5.82. The van der Waals surface area contributed by atoms with E-state index in [0.29, 0.717) is 37.4 Å². The van der Waals surface area contributed by atoms with Crippen LogP contribution in [0.25, 0.3) is 0 Å². The molecule has 120 valence electrons. The Hall–Kier alpha value is -2.43. The molecular formula is C18H20N2O3. The van der Waals surface area contributed by atoms with Crippen LogP contribution in [0.5, 0.6) is 0 Å². The highest BCUT2D eigenvalue weighted by Crippen LogP contribution is 2.25. The number of esters is 1. The summed E-state index contributed by atoms with van der Waals surface area (Å²) in [6, 6.07) is 8.06. The van der Waals surface area contributed by atoms with Gasteiger partial charge in [-0.1, -0.05) is 29.8 Å². The number of hydrogen-bond acceptors (Lipinski definition) is 4. The van der Waals surface area contributed by atoms with Gasteiger partial charge in [-0.2, -0.15) is 5.10 Å². The second-order valence-electron chi connectivity index (χ2n) is 5.82. The molecule has 0 fully saturated rings. The molecule has 0 bridgehead atoms. The van der Waals surface area contributed by atoms with Crippen LogP contribution in [0.4, 0.5) is 0 Å². The highest BCUT2D eigenvalue weighted by atomic mass is 16.5. The molecule has 0 N–H and O–H groups in total. The maximum Gasteiger partial charge on any atom is 0.356 e. The molecule has 1 aromatic carbocycles. The number of carbonyl (C=O) groups is 2. The third kappa shape index (κ3) is 3.04. The Morgan fingerprint density at radius 2 is 2.00 bits per heavy atom. The minimum absolute atomic E-state index is 0.0134. The lowest BCUT2D eigenvalue weighted by Crippen LogP contribution is -2.16. The van der Waals surface area contributed by atoms with Crippen LogP contribution in [0.3, 0.4) is 0 Å². The van der Waals surface area contributed by atoms with E-state index in [-0.39, 0.29) is 5.78 Å². The lowest BCUT2D eigenvalue weighted by Gasteiger charge is -2.11. The van der Waals surface area contributed by atoms with E-state index < -0.39 is 5.97 Å². The van der Waals surface area contributed by atoms with Gasteiger partial charge in [0.05, 0.1) is 13.2 Å². The number of rotatable bonds is 4. The SMILES string of the molecule is CCOC(=O)c1c2c(nn1Cc1ccc(C)cc1)C(=O)CCC2. The van der Waals surface area contributed by atoms with Crippen molar-refractivity contribution in [2.75, 3.05) is 6.61 Å². The van der Waals surface area contributed by atoms with Gasteiger partial charge in [0.25, 0.3) is 0 Å². The highest BCUT2D eigenvalue weighted by molar-refractivity contribution is 6.00. The van der Waals surface area contributed by atoms with E-state index in [0.717, 1.165) is 17.5 Å². The summed E-state index contributed by atoms with van der Waals surface area (Å²) >= 11 is 0. The minimum atomic E-state index is -0.400. The standard InChI is InChI=1S/C18H20N2O3/c1-3-23-18(22)17-14-5-4-6-15(21)16(14)19-20(17)11-13-9-7-12(2)8-10-13/h7-10H,3-6,11H2,1-2H3. The molecule has 5 nitrogen and oxygen atoms in total. The van der Waals surface area contributed by atoms with E-state index in [1.165, 1.54) is 5.56 Å². The molecule has 0 amide bonds. The number of nitrogens with zero attached hydrogens (tertiary/aromatic N) is 2. The first-order valence-corrected chi connectivity index (χ1v) is 7.95. The Balaban J connectivity index is 2.02. The fraction of sp³-hybridized carbons (Fsp3) is 0.389. The molecule has 0 saturated heterocycles. The maximum atomic E-state index is 12.4. The molecule has 0 unspecified atom stereocenters. The zero-order chi connectivity index (χ0) is 16.4. The zero-order valence-electron chi connectivity index (χ0n) is 13.5. The first kappa shape index (κ1) is 15.5. The van der Waals surface area contributed by atoms with Gasteiger partial charge in [0.1, 0.15) is 5.69 Å². The first-order valence-electron chi connectivity index (χ1n) is 7.95. The van der Waals surface area contributed by atoms with Crippen molar-refractivity contribution in [3.05, 3.63) is 52.3 Å². The van der Waals surface area contributed by atoms with E-state index in [2.05, 4.69) is 5.10 Å². The van der Waals surface area contributed by atoms with Crippen LogP contribution in [0.1, 0.15) is 57.4 Å². The molecule has 0 spiro atoms. The number of Topliss-reactive ketones (excluding diaryl/α,β-unsaturated/α-hetero) is 1. The molecule has 5 heteroatoms. The van der Waals surface area contributed by atoms with Crippen molar-refractivity contribution in [1.82, 2.24) is 9.78 Å². The summed E-state index contributed by atoms with van der Waals surface area (Å²) in [5.74, 6) is -0.387. The van der Waals surface area contributed by atoms with Gasteiger partial charge >= 0.3 is 5.97 Å². The van der Waals surface area contributed by atoms with Crippen molar-refractivity contribution in [2.45, 2.75) is 39.7 Å². The third-order valence-electron chi connectivity index (χ3n) is 4.07. The molecule has 0 saturated carbocycles. The van der Waals surface area contributed by atoms with Crippen molar-refractivity contribution in [2.24, 2.45) is 0 Å². The normalized spacial score (nSPS) is 13.7. The van der Waals surface area contributed by atoms with Gasteiger partial charge in [-0.05, 0) is 32.3 Å². The van der Waals surface area contributed by atoms with E-state index in [4.69, 9.17) is 4.74 Å². The van der Waals surface area contributed by atoms with Crippen LogP contribution in [-0.2, 0) is 17.7 Å². The number of aromatic nitrogens is 2. The Labute approximate surface area is 135 Å². The van der Waals surface area contributed by atoms with E-state index in [1.54, 1.807) is 11.6 Å². The summed E-state index contributed by atoms with van der Waals surface area (Å²) < 4.78 is 6.80. The third-order valence-corrected chi connectivity index (χ3v) is 4.07. The van der Waals surface area contributed by atoms with Crippen molar-refractivity contribution in [3.8, 4) is 0 Å². The fourth-order valence-electron chi connectivity index (χ4n) is 2.91. The van der Waals surface area contributed by atoms with Gasteiger partial charge in [-0.3, -0.25) is 9.48 Å². The molecule has 23 heavy (non-hydrogen) atoms. The predicted molar refractivity (Wildman–Crippen MR) is 85.7 cm³/mol. The number of fused-ring (bicyclic) bond motifs is 1. The Bertz CT molecular complexity index is 744. The van der Waals surface area contributed by atoms with Gasteiger partial charge in [0.15, 0.2) is 11.5 Å². The lowest BCUT2D eigenvalue weighted by atomic mass is 9.95. The van der Waals surface area contributed by atoms with Gasteiger partial charge in [0.2, 0.25) is 0 Å². The van der Waals surface area contributed by atoms with Gasteiger partial charge < -0.3 is 4.74 Å². The molecule has 1 aromatic heterocycles. The van der Waals surface area contributed by atoms with Gasteiger partial charge in [-0.25, -0.2) is 4.79 Å². The zero-order valence-corrected chi connectivity index (χ0v) is 13.5. The molecule has 0 aliphatic heterocycles. The highest BCUT2D eigenvalue weighted by Gasteiger charge is 2.30. The van der Waals surface area contributed by atoms with Crippen LogP contribution in [0, 0.1) is 6.92 Å². The summed E-state index contributed by atoms with van der Waals surface area (Å²) in [7, 11) is 0. The minimum Gasteiger partial charge on any atom is -0.461 e. The van der Waals surface area contributed by atoms with Crippen LogP contribution in [0.2, 0.25) is 0 Å². The number of hydrogen-bond donors (Lipinski definition) is 0. The second kappa shape index (κ2) is 6.36. The number of aryl methyl sites for hydroxylation is 1. The summed E-state index contributed by atoms with van der Waals surface area (Å²) in [4.78, 5) is 24.5. The predicted octanol–water partition coefficient (Wildman–Crippen LogP) is 2.94. The van der Waals surface area contributed by atoms with Crippen molar-refractivity contribution >= 4 is 11.8 Å². The summed E-state index contributed by atoms with van der Waals surface area (Å²) in [6.45, 7) is 4.56. The van der Waals surface area contributed by atoms with Crippen LogP contribution < -0.4 is 0 Å². The molecule has 1 heterocycles. The number of benzene rings is 1. The number of carbonyl (C=O) groups excluding carboxylic acids is 2. The van der Waals surface area contributed by atoms with Crippen LogP contribution >= 0.6 is 0 Å². The summed E-state index contributed by atoms with van der Waals surface area (Å²) in [5, 5.41) is 4.42. The largest absolute Gasteiger partial charge is 0.461 e. The Kier molecular flexibility index (Phi) is 4.28. The molecule has 0 atom stereocenters.